The second kappa shape index (κ2) is 7.86. The van der Waals surface area contributed by atoms with Crippen LogP contribution >= 0.6 is 11.3 Å². The minimum Gasteiger partial charge on any atom is -0.245 e. The van der Waals surface area contributed by atoms with Gasteiger partial charge in [0.1, 0.15) is 5.01 Å². The molecule has 0 saturated carbocycles. The number of thiazole rings is 1. The van der Waals surface area contributed by atoms with Gasteiger partial charge in [0.25, 0.3) is 0 Å². The lowest BCUT2D eigenvalue weighted by Crippen LogP contribution is -1.87. The lowest BCUT2D eigenvalue weighted by Gasteiger charge is -2.12. The molecule has 2 heteroatoms. The number of hydrogen-bond donors (Lipinski definition) is 0. The molecule has 0 spiro atoms. The Kier molecular flexibility index (Phi) is 4.77. The summed E-state index contributed by atoms with van der Waals surface area (Å²) in [6.07, 6.45) is 6.18. The summed E-state index contributed by atoms with van der Waals surface area (Å²) in [4.78, 5) is 4.61. The van der Waals surface area contributed by atoms with Gasteiger partial charge in [0.05, 0.1) is 0 Å². The van der Waals surface area contributed by atoms with Gasteiger partial charge in [-0.25, -0.2) is 4.98 Å². The molecule has 0 aliphatic carbocycles. The summed E-state index contributed by atoms with van der Waals surface area (Å²) >= 11 is 1.69. The van der Waals surface area contributed by atoms with Gasteiger partial charge < -0.3 is 0 Å². The summed E-state index contributed by atoms with van der Waals surface area (Å²) in [5.74, 6) is 0. The van der Waals surface area contributed by atoms with Crippen molar-refractivity contribution >= 4 is 34.3 Å². The predicted octanol–water partition coefficient (Wildman–Crippen LogP) is 7.80. The summed E-state index contributed by atoms with van der Waals surface area (Å²) in [5.41, 5.74) is 6.03. The summed E-state index contributed by atoms with van der Waals surface area (Å²) in [7, 11) is 0. The van der Waals surface area contributed by atoms with Crippen molar-refractivity contribution < 1.29 is 0 Å². The van der Waals surface area contributed by atoms with Crippen LogP contribution in [0.3, 0.4) is 0 Å². The van der Waals surface area contributed by atoms with Gasteiger partial charge in [-0.2, -0.15) is 0 Å². The average molecular weight is 390 g/mol. The Morgan fingerprint density at radius 3 is 2.14 bits per heavy atom. The van der Waals surface area contributed by atoms with Crippen LogP contribution in [0.2, 0.25) is 0 Å². The zero-order valence-electron chi connectivity index (χ0n) is 15.8. The van der Waals surface area contributed by atoms with E-state index in [9.17, 15) is 0 Å². The molecule has 0 radical (unpaired) electrons. The number of rotatable bonds is 4. The number of aromatic nitrogens is 1. The number of benzene rings is 4. The second-order valence-corrected chi connectivity index (χ2v) is 7.81. The molecule has 0 aliphatic rings. The molecule has 0 saturated heterocycles. The molecular formula is C27H19NS. The van der Waals surface area contributed by atoms with E-state index >= 15 is 0 Å². The molecule has 0 unspecified atom stereocenters. The third-order valence-electron chi connectivity index (χ3n) is 5.06. The minimum absolute atomic E-state index is 1.06. The fourth-order valence-corrected chi connectivity index (χ4v) is 4.33. The fraction of sp³-hybridized carbons (Fsp3) is 0. The van der Waals surface area contributed by atoms with Crippen LogP contribution in [0.4, 0.5) is 0 Å². The smallest absolute Gasteiger partial charge is 0.124 e. The van der Waals surface area contributed by atoms with Gasteiger partial charge in [0.15, 0.2) is 0 Å². The van der Waals surface area contributed by atoms with Crippen molar-refractivity contribution in [3.05, 3.63) is 114 Å². The summed E-state index contributed by atoms with van der Waals surface area (Å²) in [6, 6.07) is 32.1. The van der Waals surface area contributed by atoms with Gasteiger partial charge in [-0.15, -0.1) is 11.3 Å². The normalized spacial score (nSPS) is 11.3. The van der Waals surface area contributed by atoms with Crippen LogP contribution in [0.25, 0.3) is 44.6 Å². The van der Waals surface area contributed by atoms with Crippen molar-refractivity contribution in [2.45, 2.75) is 0 Å². The van der Waals surface area contributed by atoms with Crippen LogP contribution in [-0.4, -0.2) is 4.98 Å². The van der Waals surface area contributed by atoms with Crippen molar-refractivity contribution in [1.82, 2.24) is 4.98 Å². The zero-order valence-corrected chi connectivity index (χ0v) is 16.6. The topological polar surface area (TPSA) is 12.9 Å². The monoisotopic (exact) mass is 389 g/mol. The fourth-order valence-electron chi connectivity index (χ4n) is 3.62. The maximum atomic E-state index is 4.61. The molecular weight excluding hydrogens is 370 g/mol. The van der Waals surface area contributed by atoms with Crippen LogP contribution in [-0.2, 0) is 0 Å². The van der Waals surface area contributed by atoms with Crippen LogP contribution < -0.4 is 0 Å². The predicted molar refractivity (Wildman–Crippen MR) is 126 cm³/mol. The van der Waals surface area contributed by atoms with Gasteiger partial charge >= 0.3 is 0 Å². The third kappa shape index (κ3) is 3.63. The van der Waals surface area contributed by atoms with Crippen LogP contribution in [0.1, 0.15) is 11.1 Å². The van der Waals surface area contributed by atoms with E-state index in [1.807, 2.05) is 17.6 Å². The molecule has 0 amide bonds. The Hall–Kier alpha value is -3.49. The Morgan fingerprint density at radius 2 is 1.38 bits per heavy atom. The lowest BCUT2D eigenvalue weighted by atomic mass is 9.94. The highest BCUT2D eigenvalue weighted by atomic mass is 32.1. The number of hydrogen-bond acceptors (Lipinski definition) is 2. The van der Waals surface area contributed by atoms with Gasteiger partial charge in [-0.05, 0) is 33.0 Å². The first-order chi connectivity index (χ1) is 14.4. The Labute approximate surface area is 174 Å². The molecule has 138 valence electrons. The molecule has 0 fully saturated rings. The van der Waals surface area contributed by atoms with E-state index in [0.29, 0.717) is 0 Å². The third-order valence-corrected chi connectivity index (χ3v) is 5.86. The highest BCUT2D eigenvalue weighted by Crippen LogP contribution is 2.39. The first-order valence-electron chi connectivity index (χ1n) is 9.64. The first-order valence-corrected chi connectivity index (χ1v) is 10.5. The van der Waals surface area contributed by atoms with E-state index in [2.05, 4.69) is 102 Å². The maximum absolute atomic E-state index is 4.61. The summed E-state index contributed by atoms with van der Waals surface area (Å²) in [6.45, 7) is 0. The zero-order chi connectivity index (χ0) is 19.5. The average Bonchev–Trinajstić information content (AvgIpc) is 3.32. The van der Waals surface area contributed by atoms with E-state index < -0.39 is 0 Å². The highest BCUT2D eigenvalue weighted by molar-refractivity contribution is 7.13. The summed E-state index contributed by atoms with van der Waals surface area (Å²) < 4.78 is 0. The largest absolute Gasteiger partial charge is 0.245 e. The number of nitrogens with zero attached hydrogens (tertiary/aromatic N) is 1. The molecule has 1 aromatic heterocycles. The van der Waals surface area contributed by atoms with Gasteiger partial charge in [-0.3, -0.25) is 0 Å². The SMILES string of the molecule is C(=Cc1ccc(-c2ccc3ccccc3c2-c2nccs2)cc1)c1ccccc1. The molecule has 0 N–H and O–H groups in total. The van der Waals surface area contributed by atoms with Crippen molar-refractivity contribution in [2.24, 2.45) is 0 Å². The molecule has 5 aromatic rings. The van der Waals surface area contributed by atoms with Crippen molar-refractivity contribution in [1.29, 1.82) is 0 Å². The Balaban J connectivity index is 1.56. The molecule has 0 atom stereocenters. The minimum atomic E-state index is 1.06. The molecule has 1 heterocycles. The van der Waals surface area contributed by atoms with E-state index in [4.69, 9.17) is 0 Å². The van der Waals surface area contributed by atoms with E-state index in [1.165, 1.54) is 38.6 Å². The molecule has 5 rings (SSSR count). The van der Waals surface area contributed by atoms with E-state index in [-0.39, 0.29) is 0 Å². The van der Waals surface area contributed by atoms with Crippen LogP contribution in [0, 0.1) is 0 Å². The van der Waals surface area contributed by atoms with E-state index in [0.717, 1.165) is 5.01 Å². The number of fused-ring (bicyclic) bond motifs is 1. The molecule has 4 aromatic carbocycles. The van der Waals surface area contributed by atoms with Crippen molar-refractivity contribution in [3.8, 4) is 21.7 Å². The lowest BCUT2D eigenvalue weighted by molar-refractivity contribution is 1.42. The Morgan fingerprint density at radius 1 is 0.655 bits per heavy atom. The maximum Gasteiger partial charge on any atom is 0.124 e. The van der Waals surface area contributed by atoms with Crippen LogP contribution in [0.5, 0.6) is 0 Å². The first kappa shape index (κ1) is 17.6. The van der Waals surface area contributed by atoms with Gasteiger partial charge in [0, 0.05) is 17.1 Å². The summed E-state index contributed by atoms with van der Waals surface area (Å²) in [5, 5.41) is 5.58. The van der Waals surface area contributed by atoms with Crippen molar-refractivity contribution in [3.63, 3.8) is 0 Å². The Bertz CT molecular complexity index is 1270. The van der Waals surface area contributed by atoms with Gasteiger partial charge in [-0.1, -0.05) is 103 Å². The molecule has 0 aliphatic heterocycles. The molecule has 0 bridgehead atoms. The molecule has 1 nitrogen and oxygen atoms in total. The van der Waals surface area contributed by atoms with Crippen LogP contribution in [0.15, 0.2) is 103 Å². The second-order valence-electron chi connectivity index (χ2n) is 6.91. The molecule has 29 heavy (non-hydrogen) atoms. The quantitative estimate of drug-likeness (QED) is 0.286. The van der Waals surface area contributed by atoms with E-state index in [1.54, 1.807) is 11.3 Å². The van der Waals surface area contributed by atoms with Crippen molar-refractivity contribution in [2.75, 3.05) is 0 Å². The van der Waals surface area contributed by atoms with Gasteiger partial charge in [0.2, 0.25) is 0 Å². The highest BCUT2D eigenvalue weighted by Gasteiger charge is 2.13. The standard InChI is InChI=1S/C27H19NS/c1-2-6-20(7-3-1)10-11-21-12-14-23(15-13-21)25-17-16-22-8-4-5-9-24(22)26(25)27-28-18-19-29-27/h1-19H.